The quantitative estimate of drug-likeness (QED) is 0.319. The van der Waals surface area contributed by atoms with Crippen LogP contribution in [0.1, 0.15) is 43.3 Å². The Kier molecular flexibility index (Phi) is 8.01. The van der Waals surface area contributed by atoms with Gasteiger partial charge in [0.15, 0.2) is 12.3 Å². The molecule has 1 amide bonds. The number of halogens is 2. The van der Waals surface area contributed by atoms with Crippen LogP contribution in [-0.4, -0.2) is 58.6 Å². The van der Waals surface area contributed by atoms with E-state index >= 15 is 0 Å². The summed E-state index contributed by atoms with van der Waals surface area (Å²) in [6.45, 7) is 5.43. The minimum absolute atomic E-state index is 0.0164. The van der Waals surface area contributed by atoms with Crippen molar-refractivity contribution in [2.24, 2.45) is 5.92 Å². The molecule has 5 heterocycles. The van der Waals surface area contributed by atoms with Crippen molar-refractivity contribution in [1.82, 2.24) is 25.1 Å². The van der Waals surface area contributed by atoms with Gasteiger partial charge >= 0.3 is 0 Å². The molecule has 222 valence electrons. The second kappa shape index (κ2) is 11.9. The molecular formula is C31H31ClFN7O3. The Bertz CT molecular complexity index is 1750. The first kappa shape index (κ1) is 29.0. The van der Waals surface area contributed by atoms with Crippen molar-refractivity contribution in [2.45, 2.75) is 45.4 Å². The third-order valence-electron chi connectivity index (χ3n) is 7.92. The predicted molar refractivity (Wildman–Crippen MR) is 159 cm³/mol. The number of hydrogen-bond acceptors (Lipinski definition) is 8. The third-order valence-corrected chi connectivity index (χ3v) is 8.13. The van der Waals surface area contributed by atoms with E-state index in [4.69, 9.17) is 31.2 Å². The van der Waals surface area contributed by atoms with Crippen LogP contribution in [0.4, 0.5) is 10.1 Å². The van der Waals surface area contributed by atoms with Crippen molar-refractivity contribution in [3.63, 3.8) is 0 Å². The molecule has 1 fully saturated rings. The number of ether oxygens (including phenoxy) is 2. The van der Waals surface area contributed by atoms with E-state index < -0.39 is 5.82 Å². The monoisotopic (exact) mass is 603 g/mol. The molecule has 1 saturated heterocycles. The summed E-state index contributed by atoms with van der Waals surface area (Å²) < 4.78 is 28.1. The van der Waals surface area contributed by atoms with Gasteiger partial charge in [0.2, 0.25) is 0 Å². The van der Waals surface area contributed by atoms with Gasteiger partial charge < -0.3 is 14.8 Å². The van der Waals surface area contributed by atoms with Crippen molar-refractivity contribution >= 4 is 34.2 Å². The van der Waals surface area contributed by atoms with E-state index in [1.54, 1.807) is 19.4 Å². The van der Waals surface area contributed by atoms with Gasteiger partial charge in [0, 0.05) is 30.8 Å². The zero-order valence-corrected chi connectivity index (χ0v) is 24.9. The molecule has 3 aromatic heterocycles. The highest BCUT2D eigenvalue weighted by atomic mass is 35.5. The molecule has 0 bridgehead atoms. The molecule has 10 nitrogen and oxygen atoms in total. The van der Waals surface area contributed by atoms with Crippen molar-refractivity contribution < 1.29 is 18.7 Å². The average molecular weight is 604 g/mol. The minimum Gasteiger partial charge on any atom is -0.482 e. The van der Waals surface area contributed by atoms with E-state index in [-0.39, 0.29) is 47.8 Å². The molecule has 2 aliphatic heterocycles. The van der Waals surface area contributed by atoms with Crippen molar-refractivity contribution in [3.05, 3.63) is 64.5 Å². The Balaban J connectivity index is 1.48. The van der Waals surface area contributed by atoms with Crippen LogP contribution in [0.2, 0.25) is 5.02 Å². The van der Waals surface area contributed by atoms with Crippen LogP contribution >= 0.6 is 11.6 Å². The number of rotatable bonds is 7. The Morgan fingerprint density at radius 3 is 2.86 bits per heavy atom. The van der Waals surface area contributed by atoms with Crippen LogP contribution in [0.25, 0.3) is 22.2 Å². The number of piperidine rings is 1. The van der Waals surface area contributed by atoms with E-state index in [0.717, 1.165) is 23.9 Å². The summed E-state index contributed by atoms with van der Waals surface area (Å²) in [5.74, 6) is -0.214. The maximum Gasteiger partial charge on any atom is 0.265 e. The SMILES string of the molecule is COC1CNCCC1n1ncc2c(-c3ccc4c(c3)OCC(=O)N4Cc3ncc(Cl)cc3F)c(C#N)c(CC(C)C)nc21. The number of hydrogen-bond donors (Lipinski definition) is 1. The number of anilines is 1. The highest BCUT2D eigenvalue weighted by Crippen LogP contribution is 2.41. The fourth-order valence-electron chi connectivity index (χ4n) is 5.88. The minimum atomic E-state index is -0.595. The number of nitrogens with zero attached hydrogens (tertiary/aromatic N) is 6. The Morgan fingerprint density at radius 1 is 1.28 bits per heavy atom. The molecule has 2 aliphatic rings. The largest absolute Gasteiger partial charge is 0.482 e. The molecule has 2 atom stereocenters. The van der Waals surface area contributed by atoms with E-state index in [0.29, 0.717) is 46.9 Å². The van der Waals surface area contributed by atoms with Crippen LogP contribution < -0.4 is 15.0 Å². The van der Waals surface area contributed by atoms with Gasteiger partial charge in [-0.25, -0.2) is 14.1 Å². The van der Waals surface area contributed by atoms with Gasteiger partial charge in [-0.05, 0) is 49.1 Å². The third kappa shape index (κ3) is 5.42. The lowest BCUT2D eigenvalue weighted by atomic mass is 9.93. The molecule has 0 spiro atoms. The topological polar surface area (TPSA) is 118 Å². The summed E-state index contributed by atoms with van der Waals surface area (Å²) in [5.41, 5.74) is 3.88. The van der Waals surface area contributed by atoms with E-state index in [2.05, 4.69) is 30.2 Å². The Labute approximate surface area is 253 Å². The number of carbonyl (C=O) groups is 1. The lowest BCUT2D eigenvalue weighted by Crippen LogP contribution is -2.43. The molecule has 1 N–H and O–H groups in total. The number of fused-ring (bicyclic) bond motifs is 2. The summed E-state index contributed by atoms with van der Waals surface area (Å²) in [6.07, 6.45) is 4.47. The molecule has 1 aromatic carbocycles. The Morgan fingerprint density at radius 2 is 2.12 bits per heavy atom. The average Bonchev–Trinajstić information content (AvgIpc) is 3.41. The number of benzene rings is 1. The normalized spacial score (nSPS) is 18.5. The number of amides is 1. The standard InChI is InChI=1S/C31H31ClFN7O3/c1-17(2)8-23-20(11-34)30(21-13-37-40(31(21)38-23)26-6-7-35-14-28(26)42-3)18-4-5-25-27(9-18)43-16-29(41)39(25)15-24-22(33)10-19(32)12-36-24/h4-5,9-10,12-13,17,26,28,35H,6-8,14-16H2,1-3H3. The van der Waals surface area contributed by atoms with E-state index in [1.807, 2.05) is 16.8 Å². The van der Waals surface area contributed by atoms with Gasteiger partial charge in [-0.1, -0.05) is 31.5 Å². The van der Waals surface area contributed by atoms with Crippen LogP contribution in [0.3, 0.4) is 0 Å². The van der Waals surface area contributed by atoms with Gasteiger partial charge in [0.05, 0.1) is 52.5 Å². The first-order valence-corrected chi connectivity index (χ1v) is 14.6. The van der Waals surface area contributed by atoms with E-state index in [9.17, 15) is 14.4 Å². The van der Waals surface area contributed by atoms with Gasteiger partial charge in [-0.3, -0.25) is 14.7 Å². The predicted octanol–water partition coefficient (Wildman–Crippen LogP) is 4.83. The second-order valence-electron chi connectivity index (χ2n) is 11.2. The maximum absolute atomic E-state index is 14.6. The summed E-state index contributed by atoms with van der Waals surface area (Å²) in [4.78, 5) is 23.4. The summed E-state index contributed by atoms with van der Waals surface area (Å²) in [6, 6.07) is 8.97. The smallest absolute Gasteiger partial charge is 0.265 e. The molecular weight excluding hydrogens is 573 g/mol. The van der Waals surface area contributed by atoms with Gasteiger partial charge in [-0.2, -0.15) is 10.4 Å². The van der Waals surface area contributed by atoms with Crippen molar-refractivity contribution in [2.75, 3.05) is 31.7 Å². The number of pyridine rings is 2. The highest BCUT2D eigenvalue weighted by Gasteiger charge is 2.32. The summed E-state index contributed by atoms with van der Waals surface area (Å²) in [5, 5.41) is 19.5. The fraction of sp³-hybridized carbons (Fsp3) is 0.387. The molecule has 2 unspecified atom stereocenters. The van der Waals surface area contributed by atoms with Crippen molar-refractivity contribution in [3.8, 4) is 22.9 Å². The fourth-order valence-corrected chi connectivity index (χ4v) is 6.03. The molecule has 12 heteroatoms. The summed E-state index contributed by atoms with van der Waals surface area (Å²) >= 11 is 5.86. The first-order valence-electron chi connectivity index (χ1n) is 14.2. The lowest BCUT2D eigenvalue weighted by Gasteiger charge is -2.31. The zero-order valence-electron chi connectivity index (χ0n) is 24.1. The number of aromatic nitrogens is 4. The maximum atomic E-state index is 14.6. The zero-order chi connectivity index (χ0) is 30.2. The number of carbonyl (C=O) groups excluding carboxylic acids is 1. The van der Waals surface area contributed by atoms with E-state index in [1.165, 1.54) is 17.2 Å². The van der Waals surface area contributed by atoms with Crippen LogP contribution in [0.5, 0.6) is 5.75 Å². The molecule has 6 rings (SSSR count). The number of nitriles is 1. The number of nitrogens with one attached hydrogen (secondary N) is 1. The highest BCUT2D eigenvalue weighted by molar-refractivity contribution is 6.30. The molecule has 4 aromatic rings. The lowest BCUT2D eigenvalue weighted by molar-refractivity contribution is -0.121. The Hall–Kier alpha value is -4.11. The summed E-state index contributed by atoms with van der Waals surface area (Å²) in [7, 11) is 1.70. The van der Waals surface area contributed by atoms with Gasteiger partial charge in [-0.15, -0.1) is 0 Å². The van der Waals surface area contributed by atoms with Crippen LogP contribution in [0, 0.1) is 23.1 Å². The van der Waals surface area contributed by atoms with Crippen LogP contribution in [0.15, 0.2) is 36.7 Å². The number of methoxy groups -OCH3 is 1. The van der Waals surface area contributed by atoms with Gasteiger partial charge in [0.1, 0.15) is 17.6 Å². The van der Waals surface area contributed by atoms with Gasteiger partial charge in [0.25, 0.3) is 5.91 Å². The first-order chi connectivity index (χ1) is 20.8. The van der Waals surface area contributed by atoms with Crippen LogP contribution in [-0.2, 0) is 22.5 Å². The molecule has 0 aliphatic carbocycles. The molecule has 43 heavy (non-hydrogen) atoms. The van der Waals surface area contributed by atoms with Crippen molar-refractivity contribution in [1.29, 1.82) is 5.26 Å². The molecule has 0 radical (unpaired) electrons. The second-order valence-corrected chi connectivity index (χ2v) is 11.6. The molecule has 0 saturated carbocycles.